The van der Waals surface area contributed by atoms with E-state index in [4.69, 9.17) is 9.72 Å². The number of carbonyl (C=O) groups is 2. The minimum Gasteiger partial charge on any atom is -0.504 e. The second-order valence-corrected chi connectivity index (χ2v) is 14.4. The van der Waals surface area contributed by atoms with Gasteiger partial charge in [0.05, 0.1) is 24.5 Å². The Labute approximate surface area is 295 Å². The Hall–Kier alpha value is -5.08. The molecular formula is C36H44N10O5. The van der Waals surface area contributed by atoms with Crippen LogP contribution in [0, 0.1) is 18.3 Å². The standard InChI is InChI=1S/C36H44N10O5/c1-4-24-30(43-16-17-44(26-9-8-25(26)43)33(49)29-31(48)21(2)39-20-40-29)34(50)46-35(41-32(42-46)22-10-14-38-28(18-22)51-3)45(24)19-27(47)37-15-13-36(11-5-12-36)23-6-7-23/h10,14,18,20,23,25-26,48H,4-9,11-13,15-17,19H2,1-3H3,(H,37,47)/t25-,26-/m0/s1. The first-order chi connectivity index (χ1) is 24.7. The number of nitrogens with zero attached hydrogens (tertiary/aromatic N) is 9. The molecule has 1 aliphatic heterocycles. The SMILES string of the molecule is CCc1c(N2CCN(C(=O)c3ncnc(C)c3O)[C@H]3CC[C@@H]32)c(=O)n2nc(-c3ccnc(OC)c3)nc2n1CC(=O)NCCC1(C2CC2)CCC1. The summed E-state index contributed by atoms with van der Waals surface area (Å²) in [7, 11) is 1.53. The number of ether oxygens (including phenoxy) is 1. The number of rotatable bonds is 11. The van der Waals surface area contributed by atoms with E-state index in [1.807, 2.05) is 11.5 Å². The molecule has 0 bridgehead atoms. The van der Waals surface area contributed by atoms with Crippen molar-refractivity contribution in [1.82, 2.24) is 44.3 Å². The molecule has 8 rings (SSSR count). The molecule has 3 saturated carbocycles. The molecule has 3 aliphatic carbocycles. The maximum atomic E-state index is 14.5. The summed E-state index contributed by atoms with van der Waals surface area (Å²) in [6, 6.07) is 3.14. The van der Waals surface area contributed by atoms with E-state index in [1.54, 1.807) is 30.2 Å². The molecule has 2 amide bonds. The van der Waals surface area contributed by atoms with Crippen molar-refractivity contribution in [3.8, 4) is 23.0 Å². The summed E-state index contributed by atoms with van der Waals surface area (Å²) < 4.78 is 8.45. The molecule has 1 saturated heterocycles. The first-order valence-electron chi connectivity index (χ1n) is 18.1. The van der Waals surface area contributed by atoms with Gasteiger partial charge in [-0.1, -0.05) is 13.3 Å². The maximum absolute atomic E-state index is 14.5. The van der Waals surface area contributed by atoms with Gasteiger partial charge in [0.25, 0.3) is 11.5 Å². The van der Waals surface area contributed by atoms with Crippen molar-refractivity contribution in [2.45, 2.75) is 90.3 Å². The van der Waals surface area contributed by atoms with Crippen LogP contribution in [0.2, 0.25) is 0 Å². The van der Waals surface area contributed by atoms with Crippen LogP contribution in [0.25, 0.3) is 17.2 Å². The molecule has 4 aliphatic rings. The van der Waals surface area contributed by atoms with Gasteiger partial charge in [-0.25, -0.2) is 15.0 Å². The smallest absolute Gasteiger partial charge is 0.299 e. The third-order valence-electron chi connectivity index (χ3n) is 11.7. The molecule has 2 atom stereocenters. The minimum atomic E-state index is -0.355. The molecule has 0 spiro atoms. The highest BCUT2D eigenvalue weighted by atomic mass is 16.5. The second kappa shape index (κ2) is 12.9. The fourth-order valence-electron chi connectivity index (χ4n) is 8.55. The van der Waals surface area contributed by atoms with E-state index in [-0.39, 0.29) is 53.2 Å². The van der Waals surface area contributed by atoms with Gasteiger partial charge < -0.3 is 29.5 Å². The molecule has 15 nitrogen and oxygen atoms in total. The summed E-state index contributed by atoms with van der Waals surface area (Å²) in [6.45, 7) is 4.91. The molecular weight excluding hydrogens is 652 g/mol. The number of carbonyl (C=O) groups excluding carboxylic acids is 2. The Balaban J connectivity index is 1.14. The van der Waals surface area contributed by atoms with E-state index >= 15 is 0 Å². The normalized spacial score (nSPS) is 20.8. The number of aromatic nitrogens is 7. The highest BCUT2D eigenvalue weighted by Gasteiger charge is 2.49. The lowest BCUT2D eigenvalue weighted by Crippen LogP contribution is -2.67. The van der Waals surface area contributed by atoms with Crippen LogP contribution in [-0.4, -0.2) is 94.8 Å². The van der Waals surface area contributed by atoms with E-state index in [1.165, 1.54) is 50.1 Å². The third-order valence-corrected chi connectivity index (χ3v) is 11.7. The average Bonchev–Trinajstić information content (AvgIpc) is 3.85. The number of pyridine rings is 1. The molecule has 4 aromatic heterocycles. The Morgan fingerprint density at radius 2 is 1.90 bits per heavy atom. The van der Waals surface area contributed by atoms with Crippen molar-refractivity contribution in [3.63, 3.8) is 0 Å². The number of aryl methyl sites for hydroxylation is 1. The summed E-state index contributed by atoms with van der Waals surface area (Å²) in [4.78, 5) is 62.8. The summed E-state index contributed by atoms with van der Waals surface area (Å²) in [5, 5.41) is 18.4. The van der Waals surface area contributed by atoms with Gasteiger partial charge in [-0.2, -0.15) is 9.50 Å². The lowest BCUT2D eigenvalue weighted by molar-refractivity contribution is -0.121. The number of piperazine rings is 1. The Bertz CT molecular complexity index is 2070. The largest absolute Gasteiger partial charge is 0.504 e. The van der Waals surface area contributed by atoms with Crippen LogP contribution in [0.3, 0.4) is 0 Å². The fourth-order valence-corrected chi connectivity index (χ4v) is 8.55. The molecule has 2 N–H and O–H groups in total. The monoisotopic (exact) mass is 696 g/mol. The summed E-state index contributed by atoms with van der Waals surface area (Å²) in [6.07, 6.45) is 12.2. The lowest BCUT2D eigenvalue weighted by Gasteiger charge is -2.54. The minimum absolute atomic E-state index is 0.0196. The first kappa shape index (κ1) is 33.1. The van der Waals surface area contributed by atoms with Gasteiger partial charge in [-0.15, -0.1) is 5.10 Å². The summed E-state index contributed by atoms with van der Waals surface area (Å²) in [5.41, 5.74) is 2.16. The molecule has 0 unspecified atom stereocenters. The van der Waals surface area contributed by atoms with Crippen LogP contribution in [0.4, 0.5) is 5.69 Å². The molecule has 0 radical (unpaired) electrons. The van der Waals surface area contributed by atoms with Crippen molar-refractivity contribution < 1.29 is 19.4 Å². The van der Waals surface area contributed by atoms with Crippen LogP contribution in [0.1, 0.15) is 80.2 Å². The molecule has 4 aromatic rings. The molecule has 15 heteroatoms. The van der Waals surface area contributed by atoms with Crippen LogP contribution in [-0.2, 0) is 17.8 Å². The lowest BCUT2D eigenvalue weighted by atomic mass is 9.63. The maximum Gasteiger partial charge on any atom is 0.299 e. The molecule has 51 heavy (non-hydrogen) atoms. The van der Waals surface area contributed by atoms with Crippen molar-refractivity contribution in [2.24, 2.45) is 11.3 Å². The summed E-state index contributed by atoms with van der Waals surface area (Å²) in [5.74, 6) is 1.08. The van der Waals surface area contributed by atoms with E-state index in [0.717, 1.165) is 25.2 Å². The highest BCUT2D eigenvalue weighted by molar-refractivity contribution is 5.95. The fraction of sp³-hybridized carbons (Fsp3) is 0.556. The van der Waals surface area contributed by atoms with Crippen molar-refractivity contribution >= 4 is 23.3 Å². The quantitative estimate of drug-likeness (QED) is 0.236. The van der Waals surface area contributed by atoms with Gasteiger partial charge in [-0.05, 0) is 75.7 Å². The first-order valence-corrected chi connectivity index (χ1v) is 18.1. The topological polar surface area (TPSA) is 173 Å². The van der Waals surface area contributed by atoms with Crippen molar-refractivity contribution in [2.75, 3.05) is 31.6 Å². The van der Waals surface area contributed by atoms with Crippen molar-refractivity contribution in [3.05, 3.63) is 52.1 Å². The number of hydrogen-bond donors (Lipinski definition) is 2. The van der Waals surface area contributed by atoms with Crippen LogP contribution < -0.4 is 20.5 Å². The van der Waals surface area contributed by atoms with E-state index < -0.39 is 0 Å². The zero-order valence-electron chi connectivity index (χ0n) is 29.3. The Morgan fingerprint density at radius 3 is 2.59 bits per heavy atom. The number of anilines is 1. The molecule has 4 fully saturated rings. The van der Waals surface area contributed by atoms with E-state index in [0.29, 0.717) is 65.8 Å². The number of nitrogens with one attached hydrogen (secondary N) is 1. The molecule has 5 heterocycles. The van der Waals surface area contributed by atoms with Crippen LogP contribution >= 0.6 is 0 Å². The molecule has 268 valence electrons. The Morgan fingerprint density at radius 1 is 1.10 bits per heavy atom. The predicted octanol–water partition coefficient (Wildman–Crippen LogP) is 2.91. The van der Waals surface area contributed by atoms with Crippen LogP contribution in [0.5, 0.6) is 11.6 Å². The average molecular weight is 697 g/mol. The Kier molecular flexibility index (Phi) is 8.38. The number of amides is 2. The summed E-state index contributed by atoms with van der Waals surface area (Å²) >= 11 is 0. The zero-order valence-corrected chi connectivity index (χ0v) is 29.3. The van der Waals surface area contributed by atoms with Gasteiger partial charge in [0.1, 0.15) is 18.6 Å². The van der Waals surface area contributed by atoms with Gasteiger partial charge in [0.2, 0.25) is 17.6 Å². The van der Waals surface area contributed by atoms with Gasteiger partial charge in [-0.3, -0.25) is 14.4 Å². The second-order valence-electron chi connectivity index (χ2n) is 14.4. The number of fused-ring (bicyclic) bond motifs is 2. The predicted molar refractivity (Wildman–Crippen MR) is 187 cm³/mol. The van der Waals surface area contributed by atoms with E-state index in [9.17, 15) is 19.5 Å². The third kappa shape index (κ3) is 5.66. The van der Waals surface area contributed by atoms with Crippen LogP contribution in [0.15, 0.2) is 29.5 Å². The highest BCUT2D eigenvalue weighted by Crippen LogP contribution is 2.58. The van der Waals surface area contributed by atoms with Gasteiger partial charge in [0, 0.05) is 43.5 Å². The van der Waals surface area contributed by atoms with Gasteiger partial charge >= 0.3 is 0 Å². The number of hydrogen-bond acceptors (Lipinski definition) is 11. The number of aromatic hydroxyl groups is 1. The zero-order chi connectivity index (χ0) is 35.4. The van der Waals surface area contributed by atoms with Crippen molar-refractivity contribution in [1.29, 1.82) is 0 Å². The van der Waals surface area contributed by atoms with Gasteiger partial charge in [0.15, 0.2) is 17.3 Å². The molecule has 0 aromatic carbocycles. The number of methoxy groups -OCH3 is 1. The van der Waals surface area contributed by atoms with E-state index in [2.05, 4.69) is 30.3 Å².